The summed E-state index contributed by atoms with van der Waals surface area (Å²) in [5.74, 6) is -0.955. The topological polar surface area (TPSA) is 66.4 Å². The molecule has 0 saturated carbocycles. The zero-order chi connectivity index (χ0) is 16.4. The van der Waals surface area contributed by atoms with Crippen molar-refractivity contribution in [3.63, 3.8) is 0 Å². The smallest absolute Gasteiger partial charge is 0.335 e. The molecule has 4 heteroatoms. The molecule has 2 N–H and O–H groups in total. The third kappa shape index (κ3) is 6.74. The molecule has 0 aliphatic heterocycles. The van der Waals surface area contributed by atoms with Crippen LogP contribution in [0.15, 0.2) is 18.2 Å². The molecule has 0 saturated heterocycles. The van der Waals surface area contributed by atoms with Gasteiger partial charge < -0.3 is 10.4 Å². The Balaban J connectivity index is 2.29. The fourth-order valence-corrected chi connectivity index (χ4v) is 2.39. The quantitative estimate of drug-likeness (QED) is 0.612. The van der Waals surface area contributed by atoms with Gasteiger partial charge in [0.15, 0.2) is 0 Å². The number of carboxylic acid groups (broad SMARTS) is 1. The zero-order valence-electron chi connectivity index (χ0n) is 13.7. The largest absolute Gasteiger partial charge is 0.478 e. The summed E-state index contributed by atoms with van der Waals surface area (Å²) < 4.78 is 0. The molecule has 0 radical (unpaired) electrons. The van der Waals surface area contributed by atoms with E-state index in [4.69, 9.17) is 5.11 Å². The third-order valence-corrected chi connectivity index (χ3v) is 3.75. The van der Waals surface area contributed by atoms with Crippen LogP contribution in [0.5, 0.6) is 0 Å². The van der Waals surface area contributed by atoms with E-state index in [0.717, 1.165) is 18.4 Å². The van der Waals surface area contributed by atoms with Gasteiger partial charge in [0.2, 0.25) is 5.91 Å². The van der Waals surface area contributed by atoms with Crippen LogP contribution >= 0.6 is 0 Å². The van der Waals surface area contributed by atoms with Crippen LogP contribution in [0.2, 0.25) is 0 Å². The van der Waals surface area contributed by atoms with Gasteiger partial charge in [-0.1, -0.05) is 45.4 Å². The molecule has 0 spiro atoms. The summed E-state index contributed by atoms with van der Waals surface area (Å²) >= 11 is 0. The van der Waals surface area contributed by atoms with Gasteiger partial charge in [0.1, 0.15) is 0 Å². The predicted octanol–water partition coefficient (Wildman–Crippen LogP) is 4.77. The maximum absolute atomic E-state index is 11.9. The van der Waals surface area contributed by atoms with Crippen molar-refractivity contribution in [2.45, 2.75) is 65.2 Å². The summed E-state index contributed by atoms with van der Waals surface area (Å²) in [5, 5.41) is 11.8. The van der Waals surface area contributed by atoms with Crippen molar-refractivity contribution >= 4 is 17.6 Å². The minimum Gasteiger partial charge on any atom is -0.478 e. The molecule has 1 aromatic carbocycles. The Morgan fingerprint density at radius 3 is 2.27 bits per heavy atom. The first-order valence-electron chi connectivity index (χ1n) is 8.18. The number of carbonyl (C=O) groups excluding carboxylic acids is 1. The van der Waals surface area contributed by atoms with Crippen LogP contribution in [-0.4, -0.2) is 17.0 Å². The molecule has 0 aliphatic rings. The van der Waals surface area contributed by atoms with Crippen molar-refractivity contribution in [2.24, 2.45) is 0 Å². The van der Waals surface area contributed by atoms with Gasteiger partial charge in [-0.3, -0.25) is 4.79 Å². The van der Waals surface area contributed by atoms with Gasteiger partial charge in [-0.2, -0.15) is 0 Å². The number of aromatic carboxylic acids is 1. The van der Waals surface area contributed by atoms with E-state index in [1.165, 1.54) is 38.2 Å². The highest BCUT2D eigenvalue weighted by Crippen LogP contribution is 2.17. The number of hydrogen-bond donors (Lipinski definition) is 2. The summed E-state index contributed by atoms with van der Waals surface area (Å²) in [4.78, 5) is 22.8. The Labute approximate surface area is 132 Å². The molecule has 122 valence electrons. The minimum absolute atomic E-state index is 0.000247. The number of benzene rings is 1. The first kappa shape index (κ1) is 18.2. The van der Waals surface area contributed by atoms with E-state index in [1.807, 2.05) is 0 Å². The molecule has 0 atom stereocenters. The molecule has 4 nitrogen and oxygen atoms in total. The van der Waals surface area contributed by atoms with Crippen LogP contribution in [0.4, 0.5) is 5.69 Å². The molecular weight excluding hydrogens is 278 g/mol. The Morgan fingerprint density at radius 2 is 1.68 bits per heavy atom. The van der Waals surface area contributed by atoms with E-state index in [2.05, 4.69) is 12.2 Å². The fourth-order valence-electron chi connectivity index (χ4n) is 2.39. The summed E-state index contributed by atoms with van der Waals surface area (Å²) in [7, 11) is 0. The van der Waals surface area contributed by atoms with Crippen molar-refractivity contribution in [1.29, 1.82) is 0 Å². The summed E-state index contributed by atoms with van der Waals surface area (Å²) in [6.07, 6.45) is 8.81. The Kier molecular flexibility index (Phi) is 8.26. The molecular formula is C18H27NO3. The molecule has 1 rings (SSSR count). The highest BCUT2D eigenvalue weighted by molar-refractivity contribution is 5.93. The molecule has 1 aromatic rings. The number of carbonyl (C=O) groups is 2. The number of rotatable bonds is 10. The van der Waals surface area contributed by atoms with Gasteiger partial charge in [-0.05, 0) is 37.1 Å². The molecule has 0 bridgehead atoms. The molecule has 22 heavy (non-hydrogen) atoms. The highest BCUT2D eigenvalue weighted by Gasteiger charge is 2.08. The zero-order valence-corrected chi connectivity index (χ0v) is 13.7. The van der Waals surface area contributed by atoms with Crippen LogP contribution < -0.4 is 5.32 Å². The van der Waals surface area contributed by atoms with Gasteiger partial charge in [-0.25, -0.2) is 4.79 Å². The third-order valence-electron chi connectivity index (χ3n) is 3.75. The first-order chi connectivity index (χ1) is 10.5. The van der Waals surface area contributed by atoms with Crippen LogP contribution in [-0.2, 0) is 4.79 Å². The molecule has 0 fully saturated rings. The van der Waals surface area contributed by atoms with Gasteiger partial charge in [0.05, 0.1) is 5.56 Å². The fraction of sp³-hybridized carbons (Fsp3) is 0.556. The van der Waals surface area contributed by atoms with E-state index in [0.29, 0.717) is 12.1 Å². The van der Waals surface area contributed by atoms with Crippen LogP contribution in [0.25, 0.3) is 0 Å². The number of anilines is 1. The number of carboxylic acids is 1. The minimum atomic E-state index is -0.955. The van der Waals surface area contributed by atoms with Crippen molar-refractivity contribution < 1.29 is 14.7 Å². The Hall–Kier alpha value is -1.84. The number of nitrogens with one attached hydrogen (secondary N) is 1. The lowest BCUT2D eigenvalue weighted by Gasteiger charge is -2.09. The predicted molar refractivity (Wildman–Crippen MR) is 89.4 cm³/mol. The number of aryl methyl sites for hydroxylation is 1. The summed E-state index contributed by atoms with van der Waals surface area (Å²) in [6.45, 7) is 4.01. The molecule has 0 unspecified atom stereocenters. The van der Waals surface area contributed by atoms with E-state index < -0.39 is 5.97 Å². The standard InChI is InChI=1S/C18H27NO3/c1-3-4-5-6-7-8-9-10-17(20)19-16-12-11-15(18(21)22)13-14(16)2/h11-13H,3-10H2,1-2H3,(H,19,20)(H,21,22). The van der Waals surface area contributed by atoms with Crippen molar-refractivity contribution in [3.8, 4) is 0 Å². The lowest BCUT2D eigenvalue weighted by atomic mass is 10.1. The average Bonchev–Trinajstić information content (AvgIpc) is 2.48. The van der Waals surface area contributed by atoms with Crippen LogP contribution in [0.1, 0.15) is 74.2 Å². The molecule has 1 amide bonds. The second kappa shape index (κ2) is 9.98. The second-order valence-corrected chi connectivity index (χ2v) is 5.75. The average molecular weight is 305 g/mol. The van der Waals surface area contributed by atoms with Gasteiger partial charge in [0, 0.05) is 12.1 Å². The van der Waals surface area contributed by atoms with E-state index in [1.54, 1.807) is 19.1 Å². The number of amides is 1. The van der Waals surface area contributed by atoms with Crippen LogP contribution in [0.3, 0.4) is 0 Å². The summed E-state index contributed by atoms with van der Waals surface area (Å²) in [5.41, 5.74) is 1.70. The lowest BCUT2D eigenvalue weighted by molar-refractivity contribution is -0.116. The summed E-state index contributed by atoms with van der Waals surface area (Å²) in [6, 6.07) is 4.74. The van der Waals surface area contributed by atoms with E-state index in [9.17, 15) is 9.59 Å². The van der Waals surface area contributed by atoms with Gasteiger partial charge in [-0.15, -0.1) is 0 Å². The van der Waals surface area contributed by atoms with Gasteiger partial charge in [0.25, 0.3) is 0 Å². The maximum atomic E-state index is 11.9. The number of hydrogen-bond acceptors (Lipinski definition) is 2. The van der Waals surface area contributed by atoms with Gasteiger partial charge >= 0.3 is 5.97 Å². The lowest BCUT2D eigenvalue weighted by Crippen LogP contribution is -2.12. The van der Waals surface area contributed by atoms with E-state index >= 15 is 0 Å². The first-order valence-corrected chi connectivity index (χ1v) is 8.18. The molecule has 0 aliphatic carbocycles. The van der Waals surface area contributed by atoms with Crippen molar-refractivity contribution in [1.82, 2.24) is 0 Å². The van der Waals surface area contributed by atoms with Crippen molar-refractivity contribution in [2.75, 3.05) is 5.32 Å². The normalized spacial score (nSPS) is 10.5. The molecule has 0 aromatic heterocycles. The number of unbranched alkanes of at least 4 members (excludes halogenated alkanes) is 6. The Bertz CT molecular complexity index is 497. The van der Waals surface area contributed by atoms with E-state index in [-0.39, 0.29) is 11.5 Å². The SMILES string of the molecule is CCCCCCCCCC(=O)Nc1ccc(C(=O)O)cc1C. The van der Waals surface area contributed by atoms with Crippen molar-refractivity contribution in [3.05, 3.63) is 29.3 Å². The molecule has 0 heterocycles. The maximum Gasteiger partial charge on any atom is 0.335 e. The monoisotopic (exact) mass is 305 g/mol. The Morgan fingerprint density at radius 1 is 1.05 bits per heavy atom. The second-order valence-electron chi connectivity index (χ2n) is 5.75. The highest BCUT2D eigenvalue weighted by atomic mass is 16.4. The van der Waals surface area contributed by atoms with Crippen LogP contribution in [0, 0.1) is 6.92 Å².